The number of halogens is 1. The second kappa shape index (κ2) is 8.33. The summed E-state index contributed by atoms with van der Waals surface area (Å²) in [7, 11) is -2.65. The van der Waals surface area contributed by atoms with Crippen LogP contribution in [0.2, 0.25) is 0 Å². The maximum Gasteiger partial charge on any atom is 0.245 e. The van der Waals surface area contributed by atoms with Crippen molar-refractivity contribution in [3.05, 3.63) is 36.7 Å². The number of piperidine rings is 1. The number of aromatic nitrogens is 5. The number of hydrogen-bond acceptors (Lipinski definition) is 9. The maximum absolute atomic E-state index is 15.8. The van der Waals surface area contributed by atoms with Gasteiger partial charge in [0.05, 0.1) is 29.6 Å². The molecule has 2 aromatic heterocycles. The minimum atomic E-state index is -2.65. The van der Waals surface area contributed by atoms with Gasteiger partial charge in [0.2, 0.25) is 11.8 Å². The van der Waals surface area contributed by atoms with Crippen molar-refractivity contribution in [3.63, 3.8) is 0 Å². The highest BCUT2D eigenvalue weighted by Crippen LogP contribution is 2.47. The molecule has 1 aromatic carbocycles. The summed E-state index contributed by atoms with van der Waals surface area (Å²) >= 11 is 0. The van der Waals surface area contributed by atoms with Crippen LogP contribution in [-0.2, 0) is 0 Å². The van der Waals surface area contributed by atoms with E-state index in [0.717, 1.165) is 25.7 Å². The molecule has 1 aliphatic carbocycles. The standard InChI is InChI=1S/C26H30FN7O2/c1-25-8-9-26(2,33-25)23(27)20(12-25)34(17-5-6-17)24-28-14-19(30-32-24)18-7-4-15(10-21(18)35)16-11-22(36-3)31-29-13-16/h4,7,10-11,13-14,17,20,23,33,35H,5-6,8-9,12H2,1-3H3/t20-,23-,25-,26+/m0/s1/i3D3. The largest absolute Gasteiger partial charge is 0.507 e. The number of nitrogens with zero attached hydrogens (tertiary/aromatic N) is 6. The van der Waals surface area contributed by atoms with Gasteiger partial charge in [-0.25, -0.2) is 9.37 Å². The average Bonchev–Trinajstić information content (AvgIpc) is 3.67. The van der Waals surface area contributed by atoms with E-state index in [4.69, 9.17) is 8.85 Å². The van der Waals surface area contributed by atoms with Gasteiger partial charge < -0.3 is 20.1 Å². The lowest BCUT2D eigenvalue weighted by Crippen LogP contribution is -2.66. The van der Waals surface area contributed by atoms with Crippen molar-refractivity contribution in [1.82, 2.24) is 30.7 Å². The van der Waals surface area contributed by atoms with Crippen LogP contribution in [0.15, 0.2) is 36.7 Å². The Hall–Kier alpha value is -3.40. The third-order valence-corrected chi connectivity index (χ3v) is 7.81. The summed E-state index contributed by atoms with van der Waals surface area (Å²) in [6.45, 7) is 4.14. The summed E-state index contributed by atoms with van der Waals surface area (Å²) in [5.41, 5.74) is 1.22. The van der Waals surface area contributed by atoms with E-state index in [2.05, 4.69) is 37.6 Å². The predicted octanol–water partition coefficient (Wildman–Crippen LogP) is 3.69. The summed E-state index contributed by atoms with van der Waals surface area (Å²) < 4.78 is 42.4. The Balaban J connectivity index is 1.24. The van der Waals surface area contributed by atoms with Crippen LogP contribution < -0.4 is 15.0 Å². The fourth-order valence-electron chi connectivity index (χ4n) is 5.87. The van der Waals surface area contributed by atoms with Gasteiger partial charge in [-0.2, -0.15) is 5.10 Å². The van der Waals surface area contributed by atoms with Crippen LogP contribution in [0.4, 0.5) is 10.3 Å². The van der Waals surface area contributed by atoms with Crippen molar-refractivity contribution in [3.8, 4) is 34.0 Å². The van der Waals surface area contributed by atoms with Gasteiger partial charge in [-0.15, -0.1) is 15.3 Å². The molecule has 2 saturated heterocycles. The van der Waals surface area contributed by atoms with E-state index in [1.54, 1.807) is 18.3 Å². The minimum Gasteiger partial charge on any atom is -0.507 e. The molecule has 0 spiro atoms. The average molecular weight is 495 g/mol. The summed E-state index contributed by atoms with van der Waals surface area (Å²) in [4.78, 5) is 6.61. The minimum absolute atomic E-state index is 0.0647. The zero-order chi connectivity index (χ0) is 27.6. The number of nitrogens with one attached hydrogen (secondary N) is 1. The first-order valence-electron chi connectivity index (χ1n) is 13.7. The number of benzene rings is 1. The lowest BCUT2D eigenvalue weighted by atomic mass is 9.82. The van der Waals surface area contributed by atoms with Crippen LogP contribution in [0.3, 0.4) is 0 Å². The molecule has 188 valence electrons. The molecule has 0 radical (unpaired) electrons. The number of phenolic OH excluding ortho intramolecular Hbond substituents is 1. The quantitative estimate of drug-likeness (QED) is 0.530. The summed E-state index contributed by atoms with van der Waals surface area (Å²) in [6, 6.07) is 6.22. The monoisotopic (exact) mass is 494 g/mol. The zero-order valence-corrected chi connectivity index (χ0v) is 20.1. The van der Waals surface area contributed by atoms with Gasteiger partial charge in [0.15, 0.2) is 0 Å². The highest BCUT2D eigenvalue weighted by atomic mass is 19.1. The van der Waals surface area contributed by atoms with Crippen molar-refractivity contribution in [2.24, 2.45) is 0 Å². The molecule has 9 nitrogen and oxygen atoms in total. The van der Waals surface area contributed by atoms with Gasteiger partial charge in [-0.3, -0.25) is 0 Å². The zero-order valence-electron chi connectivity index (χ0n) is 23.1. The number of anilines is 1. The van der Waals surface area contributed by atoms with E-state index in [1.807, 2.05) is 11.8 Å². The Morgan fingerprint density at radius 1 is 1.14 bits per heavy atom. The smallest absolute Gasteiger partial charge is 0.245 e. The van der Waals surface area contributed by atoms with Crippen molar-refractivity contribution in [2.75, 3.05) is 11.9 Å². The molecule has 2 bridgehead atoms. The van der Waals surface area contributed by atoms with Crippen LogP contribution in [0.5, 0.6) is 11.6 Å². The van der Waals surface area contributed by atoms with Crippen molar-refractivity contribution >= 4 is 5.95 Å². The van der Waals surface area contributed by atoms with Crippen LogP contribution in [-0.4, -0.2) is 66.9 Å². The number of fused-ring (bicyclic) bond motifs is 2. The molecule has 10 heteroatoms. The lowest BCUT2D eigenvalue weighted by molar-refractivity contribution is 0.0828. The van der Waals surface area contributed by atoms with Crippen molar-refractivity contribution in [1.29, 1.82) is 0 Å². The first-order chi connectivity index (χ1) is 18.4. The number of ether oxygens (including phenoxy) is 1. The molecule has 6 rings (SSSR count). The number of phenols is 1. The van der Waals surface area contributed by atoms with Gasteiger partial charge in [0.25, 0.3) is 0 Å². The highest BCUT2D eigenvalue weighted by Gasteiger charge is 2.58. The number of alkyl halides is 1. The molecule has 3 aromatic rings. The Morgan fingerprint density at radius 2 is 2.00 bits per heavy atom. The normalized spacial score (nSPS) is 30.8. The lowest BCUT2D eigenvalue weighted by Gasteiger charge is -2.48. The molecule has 36 heavy (non-hydrogen) atoms. The summed E-state index contributed by atoms with van der Waals surface area (Å²) in [6.07, 6.45) is 6.30. The molecule has 0 amide bonds. The molecular formula is C26H30FN7O2. The number of rotatable bonds is 6. The van der Waals surface area contributed by atoms with Gasteiger partial charge in [-0.1, -0.05) is 6.07 Å². The fraction of sp³-hybridized carbons (Fsp3) is 0.500. The fourth-order valence-corrected chi connectivity index (χ4v) is 5.87. The molecular weight excluding hydrogens is 461 g/mol. The highest BCUT2D eigenvalue weighted by molar-refractivity contribution is 5.74. The van der Waals surface area contributed by atoms with Crippen LogP contribution in [0, 0.1) is 0 Å². The van der Waals surface area contributed by atoms with E-state index >= 15 is 4.39 Å². The molecule has 3 aliphatic rings. The summed E-state index contributed by atoms with van der Waals surface area (Å²) in [5, 5.41) is 30.5. The predicted molar refractivity (Wildman–Crippen MR) is 132 cm³/mol. The molecule has 0 unspecified atom stereocenters. The Kier molecular flexibility index (Phi) is 4.57. The van der Waals surface area contributed by atoms with Crippen LogP contribution in [0.25, 0.3) is 22.4 Å². The molecule has 4 heterocycles. The van der Waals surface area contributed by atoms with Gasteiger partial charge in [0.1, 0.15) is 17.6 Å². The van der Waals surface area contributed by atoms with E-state index in [9.17, 15) is 5.11 Å². The molecule has 2 aliphatic heterocycles. The van der Waals surface area contributed by atoms with Crippen molar-refractivity contribution < 1.29 is 18.3 Å². The first kappa shape index (κ1) is 19.7. The summed E-state index contributed by atoms with van der Waals surface area (Å²) in [5.74, 6) is 0.190. The third kappa shape index (κ3) is 3.93. The van der Waals surface area contributed by atoms with Gasteiger partial charge in [-0.05, 0) is 63.6 Å². The second-order valence-corrected chi connectivity index (χ2v) is 10.7. The van der Waals surface area contributed by atoms with E-state index in [-0.39, 0.29) is 29.3 Å². The number of methoxy groups -OCH3 is 1. The molecule has 2 N–H and O–H groups in total. The van der Waals surface area contributed by atoms with Crippen LogP contribution >= 0.6 is 0 Å². The van der Waals surface area contributed by atoms with E-state index in [0.29, 0.717) is 34.8 Å². The third-order valence-electron chi connectivity index (χ3n) is 7.81. The van der Waals surface area contributed by atoms with Crippen molar-refractivity contribution in [2.45, 2.75) is 75.3 Å². The Labute approximate surface area is 213 Å². The first-order valence-corrected chi connectivity index (χ1v) is 12.2. The van der Waals surface area contributed by atoms with E-state index < -0.39 is 18.7 Å². The Morgan fingerprint density at radius 3 is 2.72 bits per heavy atom. The SMILES string of the molecule is [2H]C([2H])([2H])Oc1cc(-c2ccc(-c3cnc(N(C4CC4)[C@H]4C[C@]5(C)CC[C@@](C)(N5)[C@H]4F)nn3)c(O)c2)cnn1. The maximum atomic E-state index is 15.8. The Bertz CT molecular complexity index is 1390. The molecule has 1 saturated carbocycles. The molecule has 3 fully saturated rings. The van der Waals surface area contributed by atoms with Crippen LogP contribution in [0.1, 0.15) is 50.1 Å². The van der Waals surface area contributed by atoms with Gasteiger partial charge in [0, 0.05) is 34.3 Å². The second-order valence-electron chi connectivity index (χ2n) is 10.7. The number of aromatic hydroxyl groups is 1. The topological polar surface area (TPSA) is 109 Å². The number of hydrogen-bond donors (Lipinski definition) is 2. The molecule has 4 atom stereocenters. The van der Waals surface area contributed by atoms with Gasteiger partial charge >= 0.3 is 0 Å². The van der Waals surface area contributed by atoms with E-state index in [1.165, 1.54) is 18.3 Å².